The molecule has 5 N–H and O–H groups in total. The lowest BCUT2D eigenvalue weighted by molar-refractivity contribution is 1.16. The maximum atomic E-state index is 5.82. The lowest BCUT2D eigenvalue weighted by Gasteiger charge is -2.03. The number of nitrogen functional groups attached to an aromatic ring is 2. The molecule has 0 spiro atoms. The van der Waals surface area contributed by atoms with Crippen molar-refractivity contribution in [1.82, 2.24) is 15.0 Å². The standard InChI is InChI=1S/C10H9N5/c11-8-7-5-3-1-2-4-6(5)13-9(7)15-10(12)14-8/h1-4H,(H5,11,12,13,14,15). The lowest BCUT2D eigenvalue weighted by atomic mass is 10.1. The molecule has 0 saturated carbocycles. The largest absolute Gasteiger partial charge is 0.383 e. The van der Waals surface area contributed by atoms with Crippen molar-refractivity contribution < 1.29 is 0 Å². The molecule has 2 aliphatic heterocycles. The Morgan fingerprint density at radius 1 is 1.07 bits per heavy atom. The smallest absolute Gasteiger partial charge is 0.200 e. The van der Waals surface area contributed by atoms with Gasteiger partial charge in [-0.15, -0.1) is 0 Å². The maximum Gasteiger partial charge on any atom is 0.200 e. The third-order valence-electron chi connectivity index (χ3n) is 2.39. The van der Waals surface area contributed by atoms with Gasteiger partial charge >= 0.3 is 0 Å². The molecular formula is C10H9N5. The van der Waals surface area contributed by atoms with Crippen LogP contribution in [0.15, 0.2) is 24.3 Å². The molecule has 0 bridgehead atoms. The van der Waals surface area contributed by atoms with Gasteiger partial charge in [-0.05, 0) is 6.07 Å². The lowest BCUT2D eigenvalue weighted by Crippen LogP contribution is -2.02. The fourth-order valence-corrected chi connectivity index (χ4v) is 1.77. The molecule has 0 unspecified atom stereocenters. The fraction of sp³-hybridized carbons (Fsp3) is 0. The molecular weight excluding hydrogens is 190 g/mol. The monoisotopic (exact) mass is 199 g/mol. The van der Waals surface area contributed by atoms with Crippen molar-refractivity contribution in [2.24, 2.45) is 0 Å². The summed E-state index contributed by atoms with van der Waals surface area (Å²) >= 11 is 0. The fourth-order valence-electron chi connectivity index (χ4n) is 1.77. The van der Waals surface area contributed by atoms with Gasteiger partial charge in [-0.3, -0.25) is 0 Å². The Morgan fingerprint density at radius 3 is 2.73 bits per heavy atom. The Morgan fingerprint density at radius 2 is 1.87 bits per heavy atom. The van der Waals surface area contributed by atoms with Crippen LogP contribution < -0.4 is 11.5 Å². The average molecular weight is 199 g/mol. The van der Waals surface area contributed by atoms with Crippen LogP contribution in [0.5, 0.6) is 0 Å². The summed E-state index contributed by atoms with van der Waals surface area (Å²) in [5, 5.41) is 0.994. The van der Waals surface area contributed by atoms with Gasteiger partial charge in [-0.25, -0.2) is 4.98 Å². The van der Waals surface area contributed by atoms with Crippen LogP contribution in [-0.2, 0) is 0 Å². The summed E-state index contributed by atoms with van der Waals surface area (Å²) in [7, 11) is 0. The molecule has 5 heteroatoms. The summed E-state index contributed by atoms with van der Waals surface area (Å²) in [6.07, 6.45) is 0. The predicted molar refractivity (Wildman–Crippen MR) is 59.3 cm³/mol. The van der Waals surface area contributed by atoms with Gasteiger partial charge in [0.15, 0.2) is 0 Å². The minimum atomic E-state index is 0.280. The van der Waals surface area contributed by atoms with Crippen LogP contribution in [-0.4, -0.2) is 15.0 Å². The normalized spacial score (nSPS) is 11.2. The van der Waals surface area contributed by atoms with E-state index in [1.54, 1.807) is 0 Å². The molecule has 0 saturated heterocycles. The molecule has 0 radical (unpaired) electrons. The van der Waals surface area contributed by atoms with Crippen molar-refractivity contribution in [1.29, 1.82) is 0 Å². The number of aromatic amines is 1. The van der Waals surface area contributed by atoms with Crippen molar-refractivity contribution in [2.75, 3.05) is 11.5 Å². The number of nitrogens with one attached hydrogen (secondary N) is 1. The summed E-state index contributed by atoms with van der Waals surface area (Å²) < 4.78 is 0. The van der Waals surface area contributed by atoms with E-state index < -0.39 is 0 Å². The first-order chi connectivity index (χ1) is 7.25. The molecule has 1 aromatic rings. The van der Waals surface area contributed by atoms with Crippen molar-refractivity contribution in [3.8, 4) is 11.4 Å². The summed E-state index contributed by atoms with van der Waals surface area (Å²) in [6.45, 7) is 0. The molecule has 2 aliphatic rings. The molecule has 0 aliphatic carbocycles. The third kappa shape index (κ3) is 1.03. The second-order valence-electron chi connectivity index (χ2n) is 3.36. The quantitative estimate of drug-likeness (QED) is 0.507. The van der Waals surface area contributed by atoms with Crippen molar-refractivity contribution in [3.05, 3.63) is 24.3 Å². The number of para-hydroxylation sites is 1. The summed E-state index contributed by atoms with van der Waals surface area (Å²) in [4.78, 5) is 11.3. The van der Waals surface area contributed by atoms with E-state index in [2.05, 4.69) is 15.0 Å². The molecule has 0 atom stereocenters. The second kappa shape index (κ2) is 2.60. The molecule has 3 rings (SSSR count). The summed E-state index contributed by atoms with van der Waals surface area (Å²) in [5.74, 6) is 1.37. The van der Waals surface area contributed by atoms with E-state index in [9.17, 15) is 0 Å². The highest BCUT2D eigenvalue weighted by atomic mass is 15.1. The Bertz CT molecular complexity index is 613. The van der Waals surface area contributed by atoms with Gasteiger partial charge in [0.25, 0.3) is 0 Å². The van der Waals surface area contributed by atoms with Gasteiger partial charge < -0.3 is 16.5 Å². The van der Waals surface area contributed by atoms with E-state index in [0.29, 0.717) is 11.6 Å². The van der Waals surface area contributed by atoms with Gasteiger partial charge in [-0.2, -0.15) is 4.98 Å². The van der Waals surface area contributed by atoms with E-state index in [1.165, 1.54) is 0 Å². The van der Waals surface area contributed by atoms with Gasteiger partial charge in [0.2, 0.25) is 5.95 Å². The van der Waals surface area contributed by atoms with Crippen LogP contribution in [0.4, 0.5) is 11.8 Å². The predicted octanol–water partition coefficient (Wildman–Crippen LogP) is 1.23. The van der Waals surface area contributed by atoms with E-state index in [-0.39, 0.29) is 5.95 Å². The molecule has 5 nitrogen and oxygen atoms in total. The molecule has 0 aromatic heterocycles. The number of anilines is 2. The number of H-pyrrole nitrogens is 1. The summed E-state index contributed by atoms with van der Waals surface area (Å²) in [6, 6.07) is 7.77. The first kappa shape index (κ1) is 8.05. The Balaban J connectivity index is 2.54. The Kier molecular flexibility index (Phi) is 1.39. The number of rotatable bonds is 0. The number of nitrogens with two attached hydrogens (primary N) is 2. The number of nitrogens with zero attached hydrogens (tertiary/aromatic N) is 2. The molecule has 0 amide bonds. The van der Waals surface area contributed by atoms with Gasteiger partial charge in [0.05, 0.1) is 11.1 Å². The number of aromatic nitrogens is 3. The SMILES string of the molecule is Nc1nc(N)c2c3ccccc3nc-2[nH]1. The van der Waals surface area contributed by atoms with Gasteiger partial charge in [0, 0.05) is 5.39 Å². The third-order valence-corrected chi connectivity index (χ3v) is 2.39. The molecule has 1 aromatic carbocycles. The zero-order valence-electron chi connectivity index (χ0n) is 7.86. The van der Waals surface area contributed by atoms with Gasteiger partial charge in [0.1, 0.15) is 11.6 Å². The van der Waals surface area contributed by atoms with Crippen LogP contribution in [0.3, 0.4) is 0 Å². The highest BCUT2D eigenvalue weighted by Gasteiger charge is 2.16. The molecule has 15 heavy (non-hydrogen) atoms. The first-order valence-corrected chi connectivity index (χ1v) is 4.55. The van der Waals surface area contributed by atoms with E-state index >= 15 is 0 Å². The maximum absolute atomic E-state index is 5.82. The van der Waals surface area contributed by atoms with Crippen LogP contribution in [0, 0.1) is 0 Å². The van der Waals surface area contributed by atoms with E-state index in [0.717, 1.165) is 16.5 Å². The van der Waals surface area contributed by atoms with E-state index in [1.807, 2.05) is 24.3 Å². The first-order valence-electron chi connectivity index (χ1n) is 4.55. The second-order valence-corrected chi connectivity index (χ2v) is 3.36. The summed E-state index contributed by atoms with van der Waals surface area (Å²) in [5.41, 5.74) is 13.1. The molecule has 0 fully saturated rings. The topological polar surface area (TPSA) is 93.6 Å². The average Bonchev–Trinajstić information content (AvgIpc) is 2.54. The van der Waals surface area contributed by atoms with Crippen LogP contribution in [0.1, 0.15) is 0 Å². The molecule has 74 valence electrons. The van der Waals surface area contributed by atoms with Crippen molar-refractivity contribution >= 4 is 22.7 Å². The van der Waals surface area contributed by atoms with Crippen LogP contribution in [0.25, 0.3) is 22.3 Å². The Labute approximate surface area is 85.5 Å². The van der Waals surface area contributed by atoms with Gasteiger partial charge in [-0.1, -0.05) is 18.2 Å². The van der Waals surface area contributed by atoms with Crippen LogP contribution >= 0.6 is 0 Å². The number of hydrogen-bond donors (Lipinski definition) is 3. The highest BCUT2D eigenvalue weighted by molar-refractivity contribution is 6.00. The van der Waals surface area contributed by atoms with Crippen molar-refractivity contribution in [2.45, 2.75) is 0 Å². The van der Waals surface area contributed by atoms with Crippen LogP contribution in [0.2, 0.25) is 0 Å². The molecule has 2 heterocycles. The Hall–Kier alpha value is -2.30. The number of benzene rings is 1. The zero-order chi connectivity index (χ0) is 10.4. The van der Waals surface area contributed by atoms with Crippen molar-refractivity contribution in [3.63, 3.8) is 0 Å². The minimum Gasteiger partial charge on any atom is -0.383 e. The number of hydrogen-bond acceptors (Lipinski definition) is 4. The minimum absolute atomic E-state index is 0.280. The van der Waals surface area contributed by atoms with E-state index in [4.69, 9.17) is 11.5 Å². The number of fused-ring (bicyclic) bond motifs is 3. The zero-order valence-corrected chi connectivity index (χ0v) is 7.86. The highest BCUT2D eigenvalue weighted by Crippen LogP contribution is 2.33.